The van der Waals surface area contributed by atoms with Gasteiger partial charge in [0, 0.05) is 6.20 Å². The van der Waals surface area contributed by atoms with Crippen LogP contribution in [-0.2, 0) is 0 Å². The molecule has 0 atom stereocenters. The van der Waals surface area contributed by atoms with E-state index in [1.165, 1.54) is 0 Å². The summed E-state index contributed by atoms with van der Waals surface area (Å²) in [4.78, 5) is 2.85. The molecule has 0 saturated heterocycles. The minimum atomic E-state index is 0.439. The molecule has 14 heavy (non-hydrogen) atoms. The van der Waals surface area contributed by atoms with Gasteiger partial charge in [0.25, 0.3) is 0 Å². The van der Waals surface area contributed by atoms with Gasteiger partial charge in [0.15, 0.2) is 0 Å². The topological polar surface area (TPSA) is 77.1 Å². The summed E-state index contributed by atoms with van der Waals surface area (Å²) in [5.41, 5.74) is 12.2. The molecule has 2 rings (SSSR count). The van der Waals surface area contributed by atoms with E-state index in [2.05, 4.69) is 4.98 Å². The molecule has 4 heteroatoms. The van der Waals surface area contributed by atoms with Gasteiger partial charge in [-0.3, -0.25) is 0 Å². The Bertz CT molecular complexity index is 422. The van der Waals surface area contributed by atoms with Crippen molar-refractivity contribution in [3.8, 4) is 11.6 Å². The molecular formula is C10H11N3O. The second-order valence-electron chi connectivity index (χ2n) is 2.90. The van der Waals surface area contributed by atoms with Crippen molar-refractivity contribution in [3.63, 3.8) is 0 Å². The Balaban J connectivity index is 2.23. The maximum atomic E-state index is 5.67. The predicted molar refractivity (Wildman–Crippen MR) is 56.1 cm³/mol. The molecule has 0 bridgehead atoms. The molecule has 0 aliphatic heterocycles. The van der Waals surface area contributed by atoms with E-state index in [4.69, 9.17) is 16.2 Å². The van der Waals surface area contributed by atoms with Crippen molar-refractivity contribution in [2.24, 2.45) is 0 Å². The Kier molecular flexibility index (Phi) is 2.02. The zero-order valence-corrected chi connectivity index (χ0v) is 7.53. The first kappa shape index (κ1) is 8.50. The molecular weight excluding hydrogens is 178 g/mol. The molecule has 0 radical (unpaired) electrons. The van der Waals surface area contributed by atoms with E-state index in [0.717, 1.165) is 5.75 Å². The standard InChI is InChI=1S/C10H11N3O/c11-8-6-13-10(9(8)12)14-7-4-2-1-3-5-7/h1-6,13H,11-12H2. The number of rotatable bonds is 2. The van der Waals surface area contributed by atoms with Gasteiger partial charge in [-0.15, -0.1) is 0 Å². The van der Waals surface area contributed by atoms with Gasteiger partial charge in [0.05, 0.1) is 5.69 Å². The number of hydrogen-bond donors (Lipinski definition) is 3. The number of hydrogen-bond acceptors (Lipinski definition) is 3. The van der Waals surface area contributed by atoms with Crippen LogP contribution in [0.25, 0.3) is 0 Å². The molecule has 0 aliphatic carbocycles. The third kappa shape index (κ3) is 1.50. The summed E-state index contributed by atoms with van der Waals surface area (Å²) in [5.74, 6) is 1.20. The first-order valence-electron chi connectivity index (χ1n) is 4.22. The van der Waals surface area contributed by atoms with Gasteiger partial charge in [-0.25, -0.2) is 0 Å². The van der Waals surface area contributed by atoms with Crippen LogP contribution in [0.1, 0.15) is 0 Å². The maximum Gasteiger partial charge on any atom is 0.222 e. The molecule has 2 aromatic rings. The van der Waals surface area contributed by atoms with Crippen LogP contribution >= 0.6 is 0 Å². The molecule has 0 aliphatic rings. The van der Waals surface area contributed by atoms with Gasteiger partial charge in [-0.05, 0) is 12.1 Å². The highest BCUT2D eigenvalue weighted by molar-refractivity contribution is 5.69. The summed E-state index contributed by atoms with van der Waals surface area (Å²) >= 11 is 0. The number of anilines is 2. The first-order valence-corrected chi connectivity index (χ1v) is 4.22. The quantitative estimate of drug-likeness (QED) is 0.675. The molecule has 0 spiro atoms. The van der Waals surface area contributed by atoms with Crippen LogP contribution in [0.5, 0.6) is 11.6 Å². The van der Waals surface area contributed by atoms with E-state index in [9.17, 15) is 0 Å². The minimum Gasteiger partial charge on any atom is -0.439 e. The van der Waals surface area contributed by atoms with E-state index < -0.39 is 0 Å². The summed E-state index contributed by atoms with van der Waals surface area (Å²) in [6, 6.07) is 9.38. The Hall–Kier alpha value is -2.10. The number of para-hydroxylation sites is 1. The van der Waals surface area contributed by atoms with E-state index in [1.807, 2.05) is 30.3 Å². The van der Waals surface area contributed by atoms with Crippen LogP contribution in [0.15, 0.2) is 36.5 Å². The SMILES string of the molecule is Nc1c[nH]c(Oc2ccccc2)c1N. The number of aromatic nitrogens is 1. The van der Waals surface area contributed by atoms with Crippen molar-refractivity contribution in [3.05, 3.63) is 36.5 Å². The number of ether oxygens (including phenoxy) is 1. The number of H-pyrrole nitrogens is 1. The number of aromatic amines is 1. The van der Waals surface area contributed by atoms with E-state index in [-0.39, 0.29) is 0 Å². The molecule has 0 fully saturated rings. The van der Waals surface area contributed by atoms with Gasteiger partial charge in [0.2, 0.25) is 5.88 Å². The smallest absolute Gasteiger partial charge is 0.222 e. The normalized spacial score (nSPS) is 10.0. The first-order chi connectivity index (χ1) is 6.77. The lowest BCUT2D eigenvalue weighted by Gasteiger charge is -2.03. The van der Waals surface area contributed by atoms with Crippen molar-refractivity contribution in [1.82, 2.24) is 4.98 Å². The summed E-state index contributed by atoms with van der Waals surface area (Å²) in [5, 5.41) is 0. The average molecular weight is 189 g/mol. The summed E-state index contributed by atoms with van der Waals surface area (Å²) in [6.07, 6.45) is 1.60. The summed E-state index contributed by atoms with van der Waals surface area (Å²) in [7, 11) is 0. The van der Waals surface area contributed by atoms with E-state index >= 15 is 0 Å². The Labute approximate surface area is 81.5 Å². The number of nitrogens with one attached hydrogen (secondary N) is 1. The highest BCUT2D eigenvalue weighted by atomic mass is 16.5. The molecule has 1 heterocycles. The molecule has 72 valence electrons. The minimum absolute atomic E-state index is 0.439. The van der Waals surface area contributed by atoms with Crippen molar-refractivity contribution in [2.75, 3.05) is 11.5 Å². The van der Waals surface area contributed by atoms with Gasteiger partial charge < -0.3 is 21.2 Å². The zero-order valence-electron chi connectivity index (χ0n) is 7.53. The Morgan fingerprint density at radius 2 is 1.79 bits per heavy atom. The molecule has 0 saturated carbocycles. The zero-order chi connectivity index (χ0) is 9.97. The van der Waals surface area contributed by atoms with Crippen molar-refractivity contribution in [2.45, 2.75) is 0 Å². The van der Waals surface area contributed by atoms with Gasteiger partial charge in [-0.1, -0.05) is 18.2 Å². The van der Waals surface area contributed by atoms with Gasteiger partial charge >= 0.3 is 0 Å². The maximum absolute atomic E-state index is 5.67. The van der Waals surface area contributed by atoms with Crippen LogP contribution < -0.4 is 16.2 Å². The van der Waals surface area contributed by atoms with Crippen molar-refractivity contribution >= 4 is 11.4 Å². The van der Waals surface area contributed by atoms with Crippen LogP contribution in [-0.4, -0.2) is 4.98 Å². The molecule has 1 aromatic heterocycles. The fourth-order valence-electron chi connectivity index (χ4n) is 1.12. The lowest BCUT2D eigenvalue weighted by molar-refractivity contribution is 0.468. The highest BCUT2D eigenvalue weighted by Crippen LogP contribution is 2.29. The number of nitrogens with two attached hydrogens (primary N) is 2. The fraction of sp³-hybridized carbons (Fsp3) is 0. The van der Waals surface area contributed by atoms with E-state index in [1.54, 1.807) is 6.20 Å². The lowest BCUT2D eigenvalue weighted by atomic mass is 10.3. The fourth-order valence-corrected chi connectivity index (χ4v) is 1.12. The molecule has 0 unspecified atom stereocenters. The monoisotopic (exact) mass is 189 g/mol. The summed E-state index contributed by atoms with van der Waals surface area (Å²) in [6.45, 7) is 0. The molecule has 4 nitrogen and oxygen atoms in total. The van der Waals surface area contributed by atoms with Gasteiger partial charge in [-0.2, -0.15) is 0 Å². The Morgan fingerprint density at radius 1 is 1.07 bits per heavy atom. The molecule has 1 aromatic carbocycles. The second kappa shape index (κ2) is 3.33. The van der Waals surface area contributed by atoms with Crippen molar-refractivity contribution < 1.29 is 4.74 Å². The second-order valence-corrected chi connectivity index (χ2v) is 2.90. The highest BCUT2D eigenvalue weighted by Gasteiger charge is 2.06. The van der Waals surface area contributed by atoms with Crippen LogP contribution in [0, 0.1) is 0 Å². The molecule has 5 N–H and O–H groups in total. The van der Waals surface area contributed by atoms with E-state index in [0.29, 0.717) is 17.3 Å². The van der Waals surface area contributed by atoms with Crippen LogP contribution in [0.4, 0.5) is 11.4 Å². The third-order valence-corrected chi connectivity index (χ3v) is 1.88. The van der Waals surface area contributed by atoms with Crippen LogP contribution in [0.3, 0.4) is 0 Å². The van der Waals surface area contributed by atoms with Gasteiger partial charge in [0.1, 0.15) is 11.4 Å². The average Bonchev–Trinajstić information content (AvgIpc) is 2.52. The predicted octanol–water partition coefficient (Wildman–Crippen LogP) is 1.97. The number of nitrogen functional groups attached to an aromatic ring is 2. The van der Waals surface area contributed by atoms with Crippen LogP contribution in [0.2, 0.25) is 0 Å². The summed E-state index contributed by atoms with van der Waals surface area (Å²) < 4.78 is 5.47. The number of benzene rings is 1. The van der Waals surface area contributed by atoms with Crippen molar-refractivity contribution in [1.29, 1.82) is 0 Å². The largest absolute Gasteiger partial charge is 0.439 e. The lowest BCUT2D eigenvalue weighted by Crippen LogP contribution is -1.92. The Morgan fingerprint density at radius 3 is 2.36 bits per heavy atom. The third-order valence-electron chi connectivity index (χ3n) is 1.88. The molecule has 0 amide bonds.